The number of carbonyl (C=O) groups excluding carboxylic acids is 1. The van der Waals surface area contributed by atoms with E-state index < -0.39 is 11.7 Å². The number of hydrogen-bond acceptors (Lipinski definition) is 1. The Bertz CT molecular complexity index is 472. The Labute approximate surface area is 120 Å². The molecule has 1 unspecified atom stereocenters. The van der Waals surface area contributed by atoms with Crippen molar-refractivity contribution in [2.45, 2.75) is 19.0 Å². The molecule has 110 valence electrons. The van der Waals surface area contributed by atoms with Crippen molar-refractivity contribution in [3.05, 3.63) is 35.4 Å². The van der Waals surface area contributed by atoms with E-state index in [1.807, 2.05) is 0 Å². The van der Waals surface area contributed by atoms with Crippen LogP contribution in [0.5, 0.6) is 0 Å². The van der Waals surface area contributed by atoms with E-state index in [2.05, 4.69) is 0 Å². The van der Waals surface area contributed by atoms with E-state index in [-0.39, 0.29) is 12.3 Å². The molecule has 1 aliphatic heterocycles. The van der Waals surface area contributed by atoms with Gasteiger partial charge in [-0.25, -0.2) is 0 Å². The quantitative estimate of drug-likeness (QED) is 0.784. The molecule has 1 aromatic rings. The van der Waals surface area contributed by atoms with Gasteiger partial charge in [0.1, 0.15) is 0 Å². The highest BCUT2D eigenvalue weighted by Crippen LogP contribution is 2.29. The van der Waals surface area contributed by atoms with Crippen LogP contribution in [0.15, 0.2) is 24.3 Å². The van der Waals surface area contributed by atoms with Gasteiger partial charge in [-0.15, -0.1) is 11.6 Å². The maximum absolute atomic E-state index is 12.4. The molecule has 0 spiro atoms. The van der Waals surface area contributed by atoms with E-state index >= 15 is 0 Å². The van der Waals surface area contributed by atoms with Gasteiger partial charge in [0.05, 0.1) is 12.0 Å². The van der Waals surface area contributed by atoms with Crippen molar-refractivity contribution in [2.75, 3.05) is 19.0 Å². The highest BCUT2D eigenvalue weighted by molar-refractivity contribution is 6.18. The van der Waals surface area contributed by atoms with Crippen LogP contribution in [0.2, 0.25) is 0 Å². The van der Waals surface area contributed by atoms with Gasteiger partial charge < -0.3 is 4.90 Å². The van der Waals surface area contributed by atoms with E-state index in [4.69, 9.17) is 11.6 Å². The van der Waals surface area contributed by atoms with Gasteiger partial charge in [0.2, 0.25) is 5.91 Å². The zero-order valence-corrected chi connectivity index (χ0v) is 11.5. The first kappa shape index (κ1) is 15.2. The largest absolute Gasteiger partial charge is 0.416 e. The SMILES string of the molecule is O=C(Cc1ccc(C(F)(F)F)cc1)N1CCC(CCl)C1. The van der Waals surface area contributed by atoms with Gasteiger partial charge in [-0.2, -0.15) is 13.2 Å². The third kappa shape index (κ3) is 3.66. The predicted octanol–water partition coefficient (Wildman–Crippen LogP) is 3.34. The van der Waals surface area contributed by atoms with Crippen LogP contribution in [0.1, 0.15) is 17.5 Å². The minimum atomic E-state index is -4.34. The molecule has 0 aromatic heterocycles. The lowest BCUT2D eigenvalue weighted by Gasteiger charge is -2.16. The Morgan fingerprint density at radius 1 is 1.30 bits per heavy atom. The molecule has 0 aliphatic carbocycles. The van der Waals surface area contributed by atoms with Crippen molar-refractivity contribution >= 4 is 17.5 Å². The maximum Gasteiger partial charge on any atom is 0.416 e. The highest BCUT2D eigenvalue weighted by Gasteiger charge is 2.30. The van der Waals surface area contributed by atoms with Crippen LogP contribution in [0.25, 0.3) is 0 Å². The first-order chi connectivity index (χ1) is 9.40. The fourth-order valence-corrected chi connectivity index (χ4v) is 2.54. The number of hydrogen-bond donors (Lipinski definition) is 0. The summed E-state index contributed by atoms with van der Waals surface area (Å²) < 4.78 is 37.3. The number of amides is 1. The molecule has 6 heteroatoms. The van der Waals surface area contributed by atoms with E-state index in [1.165, 1.54) is 12.1 Å². The van der Waals surface area contributed by atoms with Crippen LogP contribution in [-0.4, -0.2) is 29.8 Å². The summed E-state index contributed by atoms with van der Waals surface area (Å²) in [6.07, 6.45) is -3.32. The summed E-state index contributed by atoms with van der Waals surface area (Å²) in [4.78, 5) is 13.7. The lowest BCUT2D eigenvalue weighted by molar-refractivity contribution is -0.137. The normalized spacial score (nSPS) is 19.4. The smallest absolute Gasteiger partial charge is 0.342 e. The average Bonchev–Trinajstić information content (AvgIpc) is 2.87. The fraction of sp³-hybridized carbons (Fsp3) is 0.500. The van der Waals surface area contributed by atoms with Crippen molar-refractivity contribution in [3.8, 4) is 0 Å². The van der Waals surface area contributed by atoms with Crippen molar-refractivity contribution in [3.63, 3.8) is 0 Å². The fourth-order valence-electron chi connectivity index (χ4n) is 2.28. The molecule has 0 saturated carbocycles. The molecular formula is C14H15ClF3NO. The zero-order valence-electron chi connectivity index (χ0n) is 10.8. The van der Waals surface area contributed by atoms with Gasteiger partial charge in [0.15, 0.2) is 0 Å². The molecule has 0 bridgehead atoms. The third-order valence-electron chi connectivity index (χ3n) is 3.49. The molecule has 2 rings (SSSR count). The number of nitrogens with zero attached hydrogens (tertiary/aromatic N) is 1. The number of likely N-dealkylation sites (tertiary alicyclic amines) is 1. The van der Waals surface area contributed by atoms with Crippen molar-refractivity contribution in [1.82, 2.24) is 4.90 Å². The van der Waals surface area contributed by atoms with E-state index in [0.717, 1.165) is 18.6 Å². The number of alkyl halides is 4. The standard InChI is InChI=1S/C14H15ClF3NO/c15-8-11-5-6-19(9-11)13(20)7-10-1-3-12(4-2-10)14(16,17)18/h1-4,11H,5-9H2. The van der Waals surface area contributed by atoms with Gasteiger partial charge in [-0.3, -0.25) is 4.79 Å². The molecule has 0 radical (unpaired) electrons. The minimum absolute atomic E-state index is 0.0580. The zero-order chi connectivity index (χ0) is 14.8. The summed E-state index contributed by atoms with van der Waals surface area (Å²) in [6.45, 7) is 1.32. The first-order valence-electron chi connectivity index (χ1n) is 6.40. The molecule has 1 saturated heterocycles. The van der Waals surface area contributed by atoms with Gasteiger partial charge in [0, 0.05) is 19.0 Å². The van der Waals surface area contributed by atoms with Crippen molar-refractivity contribution < 1.29 is 18.0 Å². The van der Waals surface area contributed by atoms with Crippen LogP contribution in [0.3, 0.4) is 0 Å². The van der Waals surface area contributed by atoms with Crippen LogP contribution < -0.4 is 0 Å². The molecule has 20 heavy (non-hydrogen) atoms. The summed E-state index contributed by atoms with van der Waals surface area (Å²) in [5.74, 6) is 0.801. The average molecular weight is 306 g/mol. The van der Waals surface area contributed by atoms with Gasteiger partial charge >= 0.3 is 6.18 Å². The molecule has 1 amide bonds. The Morgan fingerprint density at radius 3 is 2.45 bits per heavy atom. The second-order valence-electron chi connectivity index (χ2n) is 5.02. The Balaban J connectivity index is 1.95. The van der Waals surface area contributed by atoms with E-state index in [9.17, 15) is 18.0 Å². The molecule has 1 fully saturated rings. The minimum Gasteiger partial charge on any atom is -0.342 e. The number of carbonyl (C=O) groups is 1. The summed E-state index contributed by atoms with van der Waals surface area (Å²) in [5.41, 5.74) is -0.102. The third-order valence-corrected chi connectivity index (χ3v) is 3.93. The second-order valence-corrected chi connectivity index (χ2v) is 5.33. The van der Waals surface area contributed by atoms with E-state index in [1.54, 1.807) is 4.90 Å². The monoisotopic (exact) mass is 305 g/mol. The number of benzene rings is 1. The van der Waals surface area contributed by atoms with Gasteiger partial charge in [0.25, 0.3) is 0 Å². The maximum atomic E-state index is 12.4. The van der Waals surface area contributed by atoms with Crippen LogP contribution in [0, 0.1) is 5.92 Å². The first-order valence-corrected chi connectivity index (χ1v) is 6.93. The van der Waals surface area contributed by atoms with Gasteiger partial charge in [-0.05, 0) is 30.0 Å². The van der Waals surface area contributed by atoms with Gasteiger partial charge in [-0.1, -0.05) is 12.1 Å². The number of rotatable bonds is 3. The van der Waals surface area contributed by atoms with E-state index in [0.29, 0.717) is 30.5 Å². The van der Waals surface area contributed by atoms with Crippen LogP contribution in [0.4, 0.5) is 13.2 Å². The molecular weight excluding hydrogens is 291 g/mol. The van der Waals surface area contributed by atoms with Crippen molar-refractivity contribution in [2.24, 2.45) is 5.92 Å². The highest BCUT2D eigenvalue weighted by atomic mass is 35.5. The second kappa shape index (κ2) is 6.04. The van der Waals surface area contributed by atoms with Crippen LogP contribution >= 0.6 is 11.6 Å². The molecule has 1 atom stereocenters. The van der Waals surface area contributed by atoms with Crippen LogP contribution in [-0.2, 0) is 17.4 Å². The lowest BCUT2D eigenvalue weighted by Crippen LogP contribution is -2.30. The topological polar surface area (TPSA) is 20.3 Å². The summed E-state index contributed by atoms with van der Waals surface area (Å²) >= 11 is 5.75. The summed E-state index contributed by atoms with van der Waals surface area (Å²) in [5, 5.41) is 0. The molecule has 2 nitrogen and oxygen atoms in total. The Kier molecular flexibility index (Phi) is 4.58. The lowest BCUT2D eigenvalue weighted by atomic mass is 10.1. The Hall–Kier alpha value is -1.23. The Morgan fingerprint density at radius 2 is 1.95 bits per heavy atom. The summed E-state index contributed by atoms with van der Waals surface area (Å²) in [6, 6.07) is 4.73. The number of halogens is 4. The molecule has 1 aromatic carbocycles. The summed E-state index contributed by atoms with van der Waals surface area (Å²) in [7, 11) is 0. The molecule has 1 heterocycles. The molecule has 0 N–H and O–H groups in total. The molecule has 1 aliphatic rings. The predicted molar refractivity (Wildman–Crippen MR) is 70.6 cm³/mol. The van der Waals surface area contributed by atoms with Crippen molar-refractivity contribution in [1.29, 1.82) is 0 Å².